The molecule has 0 atom stereocenters. The van der Waals surface area contributed by atoms with Crippen molar-refractivity contribution in [3.63, 3.8) is 0 Å². The minimum Gasteiger partial charge on any atom is -0.492 e. The Labute approximate surface area is 199 Å². The molecular weight excluding hydrogens is 465 g/mol. The molecule has 0 fully saturated rings. The molecule has 0 saturated heterocycles. The highest BCUT2D eigenvalue weighted by Crippen LogP contribution is 2.35. The van der Waals surface area contributed by atoms with Crippen LogP contribution in [0.2, 0.25) is 0 Å². The number of rotatable bonds is 8. The lowest BCUT2D eigenvalue weighted by atomic mass is 9.95. The van der Waals surface area contributed by atoms with E-state index in [2.05, 4.69) is 10.4 Å². The zero-order valence-electron chi connectivity index (χ0n) is 18.4. The van der Waals surface area contributed by atoms with E-state index in [1.807, 2.05) is 24.3 Å². The molecule has 3 aromatic rings. The Kier molecular flexibility index (Phi) is 7.47. The minimum atomic E-state index is -4.45. The number of carbonyl (C=O) groups excluding carboxylic acids is 1. The maximum Gasteiger partial charge on any atom is 0.435 e. The van der Waals surface area contributed by atoms with Crippen molar-refractivity contribution < 1.29 is 22.7 Å². The lowest BCUT2D eigenvalue weighted by Crippen LogP contribution is -2.22. The quantitative estimate of drug-likeness (QED) is 0.445. The number of nitrogens with one attached hydrogen (secondary N) is 1. The highest BCUT2D eigenvalue weighted by molar-refractivity contribution is 7.97. The van der Waals surface area contributed by atoms with E-state index in [1.54, 1.807) is 24.3 Å². The molecule has 1 aliphatic carbocycles. The lowest BCUT2D eigenvalue weighted by molar-refractivity contribution is -0.142. The fraction of sp³-hybridized carbons (Fsp3) is 0.333. The Bertz CT molecular complexity index is 1130. The number of aromatic nitrogens is 2. The lowest BCUT2D eigenvalue weighted by Gasteiger charge is -2.15. The highest BCUT2D eigenvalue weighted by atomic mass is 32.2. The molecule has 6 nitrogen and oxygen atoms in total. The molecule has 2 aromatic carbocycles. The van der Waals surface area contributed by atoms with Gasteiger partial charge < -0.3 is 10.1 Å². The predicted molar refractivity (Wildman–Crippen MR) is 123 cm³/mol. The molecule has 0 spiro atoms. The number of benzene rings is 2. The van der Waals surface area contributed by atoms with E-state index in [9.17, 15) is 18.0 Å². The number of carbonyl (C=O) groups is 1. The van der Waals surface area contributed by atoms with Gasteiger partial charge in [0.2, 0.25) is 0 Å². The van der Waals surface area contributed by atoms with Crippen molar-refractivity contribution in [3.8, 4) is 5.75 Å². The van der Waals surface area contributed by atoms with E-state index in [0.717, 1.165) is 35.2 Å². The first-order valence-electron chi connectivity index (χ1n) is 11.0. The van der Waals surface area contributed by atoms with Crippen LogP contribution in [0.1, 0.15) is 45.7 Å². The average Bonchev–Trinajstić information content (AvgIpc) is 3.23. The Hall–Kier alpha value is -2.98. The summed E-state index contributed by atoms with van der Waals surface area (Å²) in [7, 11) is 0. The maximum atomic E-state index is 13.3. The molecule has 180 valence electrons. The predicted octanol–water partition coefficient (Wildman–Crippen LogP) is 4.76. The summed E-state index contributed by atoms with van der Waals surface area (Å²) in [6.45, 7) is 0.789. The monoisotopic (exact) mass is 490 g/mol. The molecule has 34 heavy (non-hydrogen) atoms. The van der Waals surface area contributed by atoms with Crippen LogP contribution in [0, 0.1) is 0 Å². The van der Waals surface area contributed by atoms with E-state index >= 15 is 0 Å². The number of ether oxygens (including phenoxy) is 1. The van der Waals surface area contributed by atoms with Gasteiger partial charge in [-0.3, -0.25) is 14.6 Å². The highest BCUT2D eigenvalue weighted by Gasteiger charge is 2.39. The summed E-state index contributed by atoms with van der Waals surface area (Å²) in [5, 5.41) is 12.2. The number of hydrogen-bond acceptors (Lipinski definition) is 5. The van der Waals surface area contributed by atoms with E-state index < -0.39 is 11.9 Å². The van der Waals surface area contributed by atoms with Crippen LogP contribution in [0.3, 0.4) is 0 Å². The van der Waals surface area contributed by atoms with Crippen LogP contribution in [-0.2, 0) is 32.1 Å². The second kappa shape index (κ2) is 10.5. The van der Waals surface area contributed by atoms with E-state index in [0.29, 0.717) is 42.0 Å². The van der Waals surface area contributed by atoms with Crippen molar-refractivity contribution in [1.82, 2.24) is 15.1 Å². The Morgan fingerprint density at radius 1 is 1.09 bits per heavy atom. The maximum absolute atomic E-state index is 13.3. The number of halogens is 3. The zero-order chi connectivity index (χ0) is 24.1. The molecule has 0 unspecified atom stereocenters. The third-order valence-electron chi connectivity index (χ3n) is 5.73. The van der Waals surface area contributed by atoms with Crippen molar-refractivity contribution >= 4 is 17.9 Å². The van der Waals surface area contributed by atoms with Gasteiger partial charge in [0.25, 0.3) is 5.91 Å². The largest absolute Gasteiger partial charge is 0.492 e. The molecule has 0 radical (unpaired) electrons. The SMILES string of the molecule is NSc1ccc(CNC(=O)c2ccc(OCCn3nc(C(F)(F)F)c4c3CCCC4)cc2)cc1. The summed E-state index contributed by atoms with van der Waals surface area (Å²) in [4.78, 5) is 13.3. The van der Waals surface area contributed by atoms with Crippen molar-refractivity contribution in [2.24, 2.45) is 5.14 Å². The van der Waals surface area contributed by atoms with Crippen LogP contribution >= 0.6 is 11.9 Å². The van der Waals surface area contributed by atoms with Gasteiger partial charge in [0.15, 0.2) is 5.69 Å². The van der Waals surface area contributed by atoms with E-state index in [-0.39, 0.29) is 19.1 Å². The van der Waals surface area contributed by atoms with Crippen LogP contribution in [0.25, 0.3) is 0 Å². The Balaban J connectivity index is 1.30. The van der Waals surface area contributed by atoms with Crippen molar-refractivity contribution in [2.75, 3.05) is 6.61 Å². The number of nitrogens with two attached hydrogens (primary N) is 1. The second-order valence-electron chi connectivity index (χ2n) is 8.02. The van der Waals surface area contributed by atoms with E-state index in [4.69, 9.17) is 9.88 Å². The van der Waals surface area contributed by atoms with Gasteiger partial charge in [0.05, 0.1) is 6.54 Å². The number of alkyl halides is 3. The van der Waals surface area contributed by atoms with Gasteiger partial charge in [-0.05, 0) is 79.6 Å². The molecular formula is C24H25F3N4O2S. The topological polar surface area (TPSA) is 82.2 Å². The number of nitrogens with zero attached hydrogens (tertiary/aromatic N) is 2. The van der Waals surface area contributed by atoms with Crippen molar-refractivity contribution in [2.45, 2.75) is 49.8 Å². The van der Waals surface area contributed by atoms with E-state index in [1.165, 1.54) is 4.68 Å². The summed E-state index contributed by atoms with van der Waals surface area (Å²) in [5.41, 5.74) is 1.65. The fourth-order valence-electron chi connectivity index (χ4n) is 4.01. The molecule has 4 rings (SSSR count). The minimum absolute atomic E-state index is 0.175. The molecule has 1 aliphatic rings. The molecule has 1 aromatic heterocycles. The average molecular weight is 491 g/mol. The normalized spacial score (nSPS) is 13.4. The van der Waals surface area contributed by atoms with Crippen molar-refractivity contribution in [1.29, 1.82) is 0 Å². The molecule has 10 heteroatoms. The van der Waals surface area contributed by atoms with Crippen LogP contribution in [0.4, 0.5) is 13.2 Å². The summed E-state index contributed by atoms with van der Waals surface area (Å²) < 4.78 is 47.1. The van der Waals surface area contributed by atoms with Gasteiger partial charge in [-0.1, -0.05) is 12.1 Å². The first-order chi connectivity index (χ1) is 16.3. The third-order valence-corrected chi connectivity index (χ3v) is 6.27. The summed E-state index contributed by atoms with van der Waals surface area (Å²) >= 11 is 1.16. The molecule has 0 bridgehead atoms. The van der Waals surface area contributed by atoms with Crippen LogP contribution in [-0.4, -0.2) is 22.3 Å². The van der Waals surface area contributed by atoms with Gasteiger partial charge in [-0.15, -0.1) is 0 Å². The standard InChI is InChI=1S/C24H25F3N4O2S/c25-24(26,27)22-20-3-1-2-4-21(20)31(30-22)13-14-33-18-9-7-17(8-10-18)23(32)29-15-16-5-11-19(34-28)12-6-16/h5-12H,1-4,13-15,28H2,(H,29,32). The van der Waals surface area contributed by atoms with Gasteiger partial charge >= 0.3 is 6.18 Å². The number of fused-ring (bicyclic) bond motifs is 1. The van der Waals surface area contributed by atoms with Gasteiger partial charge in [0, 0.05) is 28.3 Å². The summed E-state index contributed by atoms with van der Waals surface area (Å²) in [6.07, 6.45) is -1.84. The summed E-state index contributed by atoms with van der Waals surface area (Å²) in [6, 6.07) is 14.2. The first kappa shape index (κ1) is 24.2. The van der Waals surface area contributed by atoms with Crippen LogP contribution in [0.5, 0.6) is 5.75 Å². The fourth-order valence-corrected chi connectivity index (χ4v) is 4.30. The third kappa shape index (κ3) is 5.74. The van der Waals surface area contributed by atoms with Gasteiger partial charge in [-0.2, -0.15) is 18.3 Å². The van der Waals surface area contributed by atoms with Crippen LogP contribution in [0.15, 0.2) is 53.4 Å². The number of amides is 1. The van der Waals surface area contributed by atoms with Gasteiger partial charge in [-0.25, -0.2) is 0 Å². The van der Waals surface area contributed by atoms with Crippen LogP contribution < -0.4 is 15.2 Å². The number of hydrogen-bond donors (Lipinski definition) is 2. The smallest absolute Gasteiger partial charge is 0.435 e. The molecule has 3 N–H and O–H groups in total. The molecule has 0 saturated carbocycles. The van der Waals surface area contributed by atoms with Crippen molar-refractivity contribution in [3.05, 3.63) is 76.6 Å². The first-order valence-corrected chi connectivity index (χ1v) is 11.9. The Morgan fingerprint density at radius 2 is 1.79 bits per heavy atom. The molecule has 0 aliphatic heterocycles. The van der Waals surface area contributed by atoms with Gasteiger partial charge in [0.1, 0.15) is 12.4 Å². The Morgan fingerprint density at radius 3 is 2.47 bits per heavy atom. The summed E-state index contributed by atoms with van der Waals surface area (Å²) in [5.74, 6) is 0.315. The second-order valence-corrected chi connectivity index (χ2v) is 8.73. The molecule has 1 heterocycles. The zero-order valence-corrected chi connectivity index (χ0v) is 19.2. The molecule has 1 amide bonds.